The van der Waals surface area contributed by atoms with Crippen molar-refractivity contribution in [3.05, 3.63) is 0 Å². The summed E-state index contributed by atoms with van der Waals surface area (Å²) >= 11 is 0. The van der Waals surface area contributed by atoms with Crippen LogP contribution in [-0.4, -0.2) is 22.2 Å². The van der Waals surface area contributed by atoms with Crippen LogP contribution < -0.4 is 0 Å². The first-order valence-corrected chi connectivity index (χ1v) is 9.81. The lowest BCUT2D eigenvalue weighted by Gasteiger charge is -2.30. The Bertz CT molecular complexity index is 372. The van der Waals surface area contributed by atoms with E-state index in [1.54, 1.807) is 0 Å². The number of unbranched alkanes of at least 4 members (excludes halogenated alkanes) is 2. The Hall–Kier alpha value is -1.06. The summed E-state index contributed by atoms with van der Waals surface area (Å²) in [5.74, 6) is -1.34. The fraction of sp³-hybridized carbons (Fsp3) is 0.900. The molecule has 1 atom stereocenters. The summed E-state index contributed by atoms with van der Waals surface area (Å²) < 4.78 is 0. The van der Waals surface area contributed by atoms with Crippen molar-refractivity contribution < 1.29 is 19.8 Å². The Morgan fingerprint density at radius 3 is 1.33 bits per heavy atom. The van der Waals surface area contributed by atoms with Gasteiger partial charge in [-0.3, -0.25) is 9.59 Å². The first kappa shape index (κ1) is 22.9. The van der Waals surface area contributed by atoms with Gasteiger partial charge < -0.3 is 10.2 Å². The summed E-state index contributed by atoms with van der Waals surface area (Å²) in [5.41, 5.74) is -1.17. The normalized spacial score (nSPS) is 14.3. The maximum atomic E-state index is 11.8. The van der Waals surface area contributed by atoms with E-state index in [1.165, 1.54) is 0 Å². The number of hydrogen-bond donors (Lipinski definition) is 2. The molecule has 0 amide bonds. The van der Waals surface area contributed by atoms with Gasteiger partial charge in [-0.2, -0.15) is 0 Å². The number of carbonyl (C=O) groups is 2. The predicted molar refractivity (Wildman–Crippen MR) is 98.2 cm³/mol. The average molecular weight is 343 g/mol. The molecule has 0 spiro atoms. The van der Waals surface area contributed by atoms with Gasteiger partial charge in [-0.05, 0) is 38.5 Å². The van der Waals surface area contributed by atoms with Gasteiger partial charge in [-0.1, -0.05) is 66.2 Å². The zero-order chi connectivity index (χ0) is 18.6. The quantitative estimate of drug-likeness (QED) is 0.364. The average Bonchev–Trinajstić information content (AvgIpc) is 2.53. The second-order valence-electron chi connectivity index (χ2n) is 7.34. The lowest BCUT2D eigenvalue weighted by atomic mass is 9.74. The van der Waals surface area contributed by atoms with Gasteiger partial charge in [0.2, 0.25) is 0 Å². The lowest BCUT2D eigenvalue weighted by molar-refractivity contribution is -0.151. The van der Waals surface area contributed by atoms with Gasteiger partial charge in [0.05, 0.1) is 10.8 Å². The molecule has 4 heteroatoms. The second kappa shape index (κ2) is 11.5. The Labute approximate surface area is 148 Å². The van der Waals surface area contributed by atoms with E-state index in [1.807, 2.05) is 27.7 Å². The summed E-state index contributed by atoms with van der Waals surface area (Å²) in [7, 11) is 0. The van der Waals surface area contributed by atoms with Gasteiger partial charge >= 0.3 is 11.9 Å². The predicted octanol–water partition coefficient (Wildman–Crippen LogP) is 5.89. The smallest absolute Gasteiger partial charge is 0.309 e. The van der Waals surface area contributed by atoms with Crippen LogP contribution in [0.15, 0.2) is 0 Å². The van der Waals surface area contributed by atoms with Crippen LogP contribution in [0.25, 0.3) is 0 Å². The minimum atomic E-state index is -0.677. The van der Waals surface area contributed by atoms with E-state index in [-0.39, 0.29) is 0 Å². The molecular weight excluding hydrogens is 304 g/mol. The van der Waals surface area contributed by atoms with Crippen LogP contribution in [0.4, 0.5) is 0 Å². The summed E-state index contributed by atoms with van der Waals surface area (Å²) in [6.45, 7) is 8.08. The minimum Gasteiger partial charge on any atom is -0.481 e. The Kier molecular flexibility index (Phi) is 11.0. The van der Waals surface area contributed by atoms with Crippen LogP contribution in [0.5, 0.6) is 0 Å². The SMILES string of the molecule is CCCC(CC)(CCCCCC(CCC)(CCC)C(=O)O)C(=O)O. The van der Waals surface area contributed by atoms with E-state index in [4.69, 9.17) is 0 Å². The summed E-state index contributed by atoms with van der Waals surface area (Å²) in [5, 5.41) is 19.3. The molecule has 142 valence electrons. The maximum Gasteiger partial charge on any atom is 0.309 e. The molecule has 0 saturated heterocycles. The molecule has 0 bridgehead atoms. The van der Waals surface area contributed by atoms with Gasteiger partial charge in [0.25, 0.3) is 0 Å². The molecule has 0 rings (SSSR count). The molecule has 4 nitrogen and oxygen atoms in total. The highest BCUT2D eigenvalue weighted by Gasteiger charge is 2.37. The molecular formula is C20H38O4. The summed E-state index contributed by atoms with van der Waals surface area (Å²) in [4.78, 5) is 23.4. The van der Waals surface area contributed by atoms with Crippen molar-refractivity contribution in [3.63, 3.8) is 0 Å². The van der Waals surface area contributed by atoms with E-state index in [2.05, 4.69) is 0 Å². The van der Waals surface area contributed by atoms with Gasteiger partial charge in [0.1, 0.15) is 0 Å². The number of carboxylic acid groups (broad SMARTS) is 2. The van der Waals surface area contributed by atoms with E-state index in [0.29, 0.717) is 19.3 Å². The number of rotatable bonds is 15. The topological polar surface area (TPSA) is 74.6 Å². The first-order valence-electron chi connectivity index (χ1n) is 9.81. The molecule has 0 heterocycles. The Morgan fingerprint density at radius 1 is 0.625 bits per heavy atom. The van der Waals surface area contributed by atoms with E-state index in [9.17, 15) is 19.8 Å². The molecule has 0 radical (unpaired) electrons. The lowest BCUT2D eigenvalue weighted by Crippen LogP contribution is -2.31. The van der Waals surface area contributed by atoms with Crippen molar-refractivity contribution in [3.8, 4) is 0 Å². The largest absolute Gasteiger partial charge is 0.481 e. The molecule has 0 aliphatic carbocycles. The molecule has 0 aromatic carbocycles. The van der Waals surface area contributed by atoms with Crippen molar-refractivity contribution in [1.82, 2.24) is 0 Å². The standard InChI is InChI=1S/C20H38O4/c1-5-12-19(8-4,17(21)22)15-10-9-11-16-20(13-6-2,14-7-3)18(23)24/h5-16H2,1-4H3,(H,21,22)(H,23,24). The highest BCUT2D eigenvalue weighted by atomic mass is 16.4. The van der Waals surface area contributed by atoms with Crippen LogP contribution in [0, 0.1) is 10.8 Å². The van der Waals surface area contributed by atoms with Crippen LogP contribution in [-0.2, 0) is 9.59 Å². The van der Waals surface area contributed by atoms with Crippen LogP contribution >= 0.6 is 0 Å². The minimum absolute atomic E-state index is 0.582. The van der Waals surface area contributed by atoms with Crippen LogP contribution in [0.2, 0.25) is 0 Å². The van der Waals surface area contributed by atoms with Gasteiger partial charge in [0.15, 0.2) is 0 Å². The van der Waals surface area contributed by atoms with E-state index >= 15 is 0 Å². The zero-order valence-corrected chi connectivity index (χ0v) is 16.2. The van der Waals surface area contributed by atoms with Gasteiger partial charge in [0, 0.05) is 0 Å². The molecule has 0 fully saturated rings. The van der Waals surface area contributed by atoms with Crippen molar-refractivity contribution in [2.75, 3.05) is 0 Å². The third kappa shape index (κ3) is 6.45. The Balaban J connectivity index is 4.57. The van der Waals surface area contributed by atoms with E-state index in [0.717, 1.165) is 57.8 Å². The zero-order valence-electron chi connectivity index (χ0n) is 16.2. The maximum absolute atomic E-state index is 11.8. The molecule has 0 saturated carbocycles. The third-order valence-electron chi connectivity index (χ3n) is 5.58. The molecule has 24 heavy (non-hydrogen) atoms. The number of hydrogen-bond acceptors (Lipinski definition) is 2. The van der Waals surface area contributed by atoms with Crippen molar-refractivity contribution in [1.29, 1.82) is 0 Å². The van der Waals surface area contributed by atoms with Gasteiger partial charge in [-0.25, -0.2) is 0 Å². The molecule has 0 aliphatic heterocycles. The summed E-state index contributed by atoms with van der Waals surface area (Å²) in [6, 6.07) is 0. The Morgan fingerprint density at radius 2 is 1.00 bits per heavy atom. The monoisotopic (exact) mass is 342 g/mol. The first-order chi connectivity index (χ1) is 11.3. The molecule has 0 aliphatic rings. The number of carboxylic acids is 2. The molecule has 0 aromatic rings. The summed E-state index contributed by atoms with van der Waals surface area (Å²) in [6.07, 6.45) is 9.60. The molecule has 2 N–H and O–H groups in total. The second-order valence-corrected chi connectivity index (χ2v) is 7.34. The van der Waals surface area contributed by atoms with Crippen LogP contribution in [0.3, 0.4) is 0 Å². The van der Waals surface area contributed by atoms with Crippen molar-refractivity contribution in [2.45, 2.75) is 105 Å². The number of aliphatic carboxylic acids is 2. The van der Waals surface area contributed by atoms with E-state index < -0.39 is 22.8 Å². The molecule has 0 aromatic heterocycles. The van der Waals surface area contributed by atoms with Crippen molar-refractivity contribution in [2.24, 2.45) is 10.8 Å². The highest BCUT2D eigenvalue weighted by molar-refractivity contribution is 5.75. The fourth-order valence-electron chi connectivity index (χ4n) is 4.08. The van der Waals surface area contributed by atoms with Gasteiger partial charge in [-0.15, -0.1) is 0 Å². The molecule has 1 unspecified atom stereocenters. The fourth-order valence-corrected chi connectivity index (χ4v) is 4.08. The van der Waals surface area contributed by atoms with Crippen molar-refractivity contribution >= 4 is 11.9 Å². The third-order valence-corrected chi connectivity index (χ3v) is 5.58. The van der Waals surface area contributed by atoms with Crippen LogP contribution in [0.1, 0.15) is 105 Å². The highest BCUT2D eigenvalue weighted by Crippen LogP contribution is 2.38.